The van der Waals surface area contributed by atoms with Crippen molar-refractivity contribution >= 4 is 33.2 Å². The molecule has 0 amide bonds. The lowest BCUT2D eigenvalue weighted by Gasteiger charge is -2.42. The van der Waals surface area contributed by atoms with Gasteiger partial charge in [-0.2, -0.15) is 0 Å². The summed E-state index contributed by atoms with van der Waals surface area (Å²) in [6, 6.07) is 37.7. The van der Waals surface area contributed by atoms with Crippen molar-refractivity contribution in [2.45, 2.75) is 19.6 Å². The van der Waals surface area contributed by atoms with E-state index in [1.165, 1.54) is 14.7 Å². The fourth-order valence-corrected chi connectivity index (χ4v) is 8.02. The van der Waals surface area contributed by atoms with Gasteiger partial charge < -0.3 is 0 Å². The summed E-state index contributed by atoms with van der Waals surface area (Å²) < 4.78 is 0. The zero-order chi connectivity index (χ0) is 18.7. The van der Waals surface area contributed by atoms with Gasteiger partial charge >= 0.3 is 0 Å². The molecule has 0 N–H and O–H groups in total. The second-order valence-corrected chi connectivity index (χ2v) is 9.97. The Balaban J connectivity index is 2.18. The van der Waals surface area contributed by atoms with Gasteiger partial charge in [0.15, 0.2) is 0 Å². The standard InChI is InChI=1S/C24H18Cl2S/c25-22-17-10-18-23(24(22)26)27(19-11-4-1-5-12-19,20-13-6-2-7-14-20)21-15-8-3-9-16-21/h1-18H. The monoisotopic (exact) mass is 408 g/mol. The van der Waals surface area contributed by atoms with Crippen LogP contribution in [0.2, 0.25) is 10.0 Å². The fraction of sp³-hybridized carbons (Fsp3) is 0. The Kier molecular flexibility index (Phi) is 5.27. The van der Waals surface area contributed by atoms with E-state index >= 15 is 0 Å². The van der Waals surface area contributed by atoms with Gasteiger partial charge in [-0.1, -0.05) is 83.9 Å². The van der Waals surface area contributed by atoms with Crippen molar-refractivity contribution in [1.82, 2.24) is 0 Å². The number of hydrogen-bond donors (Lipinski definition) is 0. The van der Waals surface area contributed by atoms with Gasteiger partial charge in [-0.25, -0.2) is 0 Å². The van der Waals surface area contributed by atoms with E-state index in [0.717, 1.165) is 4.90 Å². The summed E-state index contributed by atoms with van der Waals surface area (Å²) in [6.07, 6.45) is 0. The molecule has 3 heteroatoms. The molecule has 4 rings (SSSR count). The first-order valence-electron chi connectivity index (χ1n) is 8.67. The van der Waals surface area contributed by atoms with Crippen molar-refractivity contribution in [2.24, 2.45) is 0 Å². The van der Waals surface area contributed by atoms with Crippen LogP contribution >= 0.6 is 33.2 Å². The fourth-order valence-electron chi connectivity index (χ4n) is 3.38. The molecule has 0 aliphatic carbocycles. The number of hydrogen-bond acceptors (Lipinski definition) is 0. The zero-order valence-electron chi connectivity index (χ0n) is 14.6. The number of halogens is 2. The van der Waals surface area contributed by atoms with Gasteiger partial charge in [-0.3, -0.25) is 0 Å². The van der Waals surface area contributed by atoms with Crippen LogP contribution in [-0.4, -0.2) is 0 Å². The van der Waals surface area contributed by atoms with Crippen LogP contribution in [0.5, 0.6) is 0 Å². The quantitative estimate of drug-likeness (QED) is 0.318. The lowest BCUT2D eigenvalue weighted by molar-refractivity contribution is 1.24. The minimum absolute atomic E-state index is 0.578. The molecule has 134 valence electrons. The normalized spacial score (nSPS) is 11.9. The van der Waals surface area contributed by atoms with E-state index in [0.29, 0.717) is 10.0 Å². The zero-order valence-corrected chi connectivity index (χ0v) is 16.9. The Bertz CT molecular complexity index is 935. The Hall–Kier alpha value is -2.19. The van der Waals surface area contributed by atoms with Crippen molar-refractivity contribution < 1.29 is 0 Å². The van der Waals surface area contributed by atoms with Gasteiger partial charge in [0.2, 0.25) is 0 Å². The molecule has 0 spiro atoms. The van der Waals surface area contributed by atoms with Gasteiger partial charge in [-0.05, 0) is 48.5 Å². The summed E-state index contributed by atoms with van der Waals surface area (Å²) in [7, 11) is -1.78. The highest BCUT2D eigenvalue weighted by Crippen LogP contribution is 2.74. The highest BCUT2D eigenvalue weighted by atomic mass is 35.5. The molecule has 0 heterocycles. The molecule has 27 heavy (non-hydrogen) atoms. The Morgan fingerprint density at radius 3 is 1.26 bits per heavy atom. The lowest BCUT2D eigenvalue weighted by Crippen LogP contribution is -2.05. The maximum atomic E-state index is 6.82. The molecule has 0 aliphatic rings. The van der Waals surface area contributed by atoms with Crippen LogP contribution in [-0.2, 0) is 0 Å². The van der Waals surface area contributed by atoms with Crippen molar-refractivity contribution in [3.63, 3.8) is 0 Å². The first-order chi connectivity index (χ1) is 13.2. The maximum absolute atomic E-state index is 6.82. The van der Waals surface area contributed by atoms with Gasteiger partial charge in [0.05, 0.1) is 10.0 Å². The van der Waals surface area contributed by atoms with Crippen LogP contribution in [0.3, 0.4) is 0 Å². The molecule has 0 unspecified atom stereocenters. The van der Waals surface area contributed by atoms with Gasteiger partial charge in [-0.15, -0.1) is 10.0 Å². The molecule has 0 aliphatic heterocycles. The van der Waals surface area contributed by atoms with Crippen LogP contribution < -0.4 is 0 Å². The van der Waals surface area contributed by atoms with E-state index < -0.39 is 10.0 Å². The van der Waals surface area contributed by atoms with Crippen LogP contribution in [0.25, 0.3) is 0 Å². The molecule has 0 radical (unpaired) electrons. The summed E-state index contributed by atoms with van der Waals surface area (Å²) in [5.41, 5.74) is 0. The summed E-state index contributed by atoms with van der Waals surface area (Å²) in [5, 5.41) is 1.19. The average Bonchev–Trinajstić information content (AvgIpc) is 2.74. The molecule has 0 saturated heterocycles. The third kappa shape index (κ3) is 3.17. The first kappa shape index (κ1) is 18.2. The maximum Gasteiger partial charge on any atom is 0.0722 e. The smallest absolute Gasteiger partial charge is 0.0722 e. The molecular weight excluding hydrogens is 391 g/mol. The van der Waals surface area contributed by atoms with Gasteiger partial charge in [0.1, 0.15) is 0 Å². The third-order valence-corrected chi connectivity index (χ3v) is 9.41. The van der Waals surface area contributed by atoms with Crippen molar-refractivity contribution in [2.75, 3.05) is 0 Å². The predicted octanol–water partition coefficient (Wildman–Crippen LogP) is 8.33. The third-order valence-electron chi connectivity index (χ3n) is 4.54. The van der Waals surface area contributed by atoms with E-state index in [9.17, 15) is 0 Å². The highest BCUT2D eigenvalue weighted by molar-refractivity contribution is 8.34. The van der Waals surface area contributed by atoms with Crippen LogP contribution in [0, 0.1) is 0 Å². The molecule has 0 bridgehead atoms. The van der Waals surface area contributed by atoms with Gasteiger partial charge in [0.25, 0.3) is 0 Å². The molecule has 0 nitrogen and oxygen atoms in total. The van der Waals surface area contributed by atoms with E-state index in [2.05, 4.69) is 78.9 Å². The lowest BCUT2D eigenvalue weighted by atomic mass is 10.3. The molecule has 4 aromatic carbocycles. The number of rotatable bonds is 4. The first-order valence-corrected chi connectivity index (χ1v) is 11.1. The summed E-state index contributed by atoms with van der Waals surface area (Å²) in [5.74, 6) is 0. The van der Waals surface area contributed by atoms with E-state index in [4.69, 9.17) is 23.2 Å². The SMILES string of the molecule is Clc1cccc(S(c2ccccc2)(c2ccccc2)c2ccccc2)c1Cl. The van der Waals surface area contributed by atoms with Crippen LogP contribution in [0.4, 0.5) is 0 Å². The molecular formula is C24H18Cl2S. The Labute approximate surface area is 171 Å². The van der Waals surface area contributed by atoms with E-state index in [1.54, 1.807) is 0 Å². The Morgan fingerprint density at radius 2 is 0.852 bits per heavy atom. The topological polar surface area (TPSA) is 0 Å². The Morgan fingerprint density at radius 1 is 0.444 bits per heavy atom. The summed E-state index contributed by atoms with van der Waals surface area (Å²) >= 11 is 13.3. The second kappa shape index (κ2) is 7.82. The molecule has 0 saturated carbocycles. The summed E-state index contributed by atoms with van der Waals surface area (Å²) in [4.78, 5) is 4.74. The predicted molar refractivity (Wildman–Crippen MR) is 116 cm³/mol. The molecule has 4 aromatic rings. The molecule has 0 fully saturated rings. The van der Waals surface area contributed by atoms with Crippen LogP contribution in [0.1, 0.15) is 0 Å². The number of benzene rings is 4. The minimum Gasteiger partial charge on any atom is -0.131 e. The van der Waals surface area contributed by atoms with Crippen molar-refractivity contribution in [3.8, 4) is 0 Å². The van der Waals surface area contributed by atoms with Crippen LogP contribution in [0.15, 0.2) is 129 Å². The van der Waals surface area contributed by atoms with Gasteiger partial charge in [0, 0.05) is 19.6 Å². The minimum atomic E-state index is -1.78. The molecule has 0 aromatic heterocycles. The van der Waals surface area contributed by atoms with E-state index in [-0.39, 0.29) is 0 Å². The van der Waals surface area contributed by atoms with Crippen molar-refractivity contribution in [1.29, 1.82) is 0 Å². The molecule has 0 atom stereocenters. The van der Waals surface area contributed by atoms with Crippen molar-refractivity contribution in [3.05, 3.63) is 119 Å². The summed E-state index contributed by atoms with van der Waals surface area (Å²) in [6.45, 7) is 0. The van der Waals surface area contributed by atoms with E-state index in [1.807, 2.05) is 30.3 Å². The highest BCUT2D eigenvalue weighted by Gasteiger charge is 2.35. The largest absolute Gasteiger partial charge is 0.131 e. The second-order valence-electron chi connectivity index (χ2n) is 6.10. The average molecular weight is 409 g/mol.